The first-order valence-corrected chi connectivity index (χ1v) is 8.94. The molecule has 1 aromatic carbocycles. The van der Waals surface area contributed by atoms with Gasteiger partial charge in [0.1, 0.15) is 5.15 Å². The average molecular weight is 373 g/mol. The topological polar surface area (TPSA) is 58.1 Å². The molecule has 0 spiro atoms. The van der Waals surface area contributed by atoms with Crippen molar-refractivity contribution in [3.8, 4) is 0 Å². The molecule has 0 aliphatic carbocycles. The number of amides is 1. The summed E-state index contributed by atoms with van der Waals surface area (Å²) in [4.78, 5) is 22.6. The van der Waals surface area contributed by atoms with Gasteiger partial charge in [-0.15, -0.1) is 11.3 Å². The van der Waals surface area contributed by atoms with Crippen LogP contribution in [0.2, 0.25) is 5.15 Å². The summed E-state index contributed by atoms with van der Waals surface area (Å²) < 4.78 is 0. The van der Waals surface area contributed by atoms with E-state index in [2.05, 4.69) is 20.2 Å². The molecule has 0 saturated heterocycles. The van der Waals surface area contributed by atoms with Crippen LogP contribution < -0.4 is 5.32 Å². The molecule has 0 radical (unpaired) electrons. The molecule has 1 N–H and O–H groups in total. The Balaban J connectivity index is 1.62. The maximum Gasteiger partial charge on any atom is 0.257 e. The normalized spacial score (nSPS) is 10.8. The number of benzene rings is 1. The Kier molecular flexibility index (Phi) is 5.75. The van der Waals surface area contributed by atoms with Crippen molar-refractivity contribution in [1.82, 2.24) is 14.9 Å². The molecule has 1 amide bonds. The number of carbonyl (C=O) groups excluding carboxylic acids is 1. The first-order chi connectivity index (χ1) is 12.1. The number of nitrogens with one attached hydrogen (secondary N) is 1. The molecule has 0 bridgehead atoms. The van der Waals surface area contributed by atoms with Crippen molar-refractivity contribution >= 4 is 34.0 Å². The summed E-state index contributed by atoms with van der Waals surface area (Å²) in [5, 5.41) is 5.71. The Morgan fingerprint density at radius 3 is 2.76 bits per heavy atom. The van der Waals surface area contributed by atoms with E-state index in [1.165, 1.54) is 11.3 Å². The van der Waals surface area contributed by atoms with Gasteiger partial charge in [0.05, 0.1) is 0 Å². The fourth-order valence-corrected chi connectivity index (χ4v) is 3.08. The molecule has 0 saturated carbocycles. The minimum Gasteiger partial charge on any atom is -0.298 e. The van der Waals surface area contributed by atoms with Crippen LogP contribution in [0.4, 0.5) is 5.13 Å². The van der Waals surface area contributed by atoms with E-state index < -0.39 is 0 Å². The number of hydrogen-bond donors (Lipinski definition) is 1. The number of anilines is 1. The minimum absolute atomic E-state index is 0.152. The van der Waals surface area contributed by atoms with Crippen LogP contribution in [-0.2, 0) is 13.1 Å². The van der Waals surface area contributed by atoms with Crippen LogP contribution >= 0.6 is 22.9 Å². The summed E-state index contributed by atoms with van der Waals surface area (Å²) in [6.07, 6.45) is 3.44. The molecule has 0 aliphatic rings. The van der Waals surface area contributed by atoms with Gasteiger partial charge in [-0.1, -0.05) is 29.8 Å². The molecule has 2 aromatic heterocycles. The standard InChI is InChI=1S/C18H17ClN4OS/c1-23(12-14-5-6-16(19)21-10-14)11-13-3-2-4-15(9-13)17(24)22-18-20-7-8-25-18/h2-10H,11-12H2,1H3,(H,20,22,24). The largest absolute Gasteiger partial charge is 0.298 e. The van der Waals surface area contributed by atoms with Crippen LogP contribution in [-0.4, -0.2) is 27.8 Å². The van der Waals surface area contributed by atoms with Gasteiger partial charge in [0.2, 0.25) is 0 Å². The lowest BCUT2D eigenvalue weighted by atomic mass is 10.1. The average Bonchev–Trinajstić information content (AvgIpc) is 3.10. The molecule has 0 aliphatic heterocycles. The highest BCUT2D eigenvalue weighted by Crippen LogP contribution is 2.15. The summed E-state index contributed by atoms with van der Waals surface area (Å²) in [7, 11) is 2.02. The Bertz CT molecular complexity index is 837. The van der Waals surface area contributed by atoms with Crippen molar-refractivity contribution in [3.63, 3.8) is 0 Å². The highest BCUT2D eigenvalue weighted by molar-refractivity contribution is 7.13. The van der Waals surface area contributed by atoms with Crippen molar-refractivity contribution in [1.29, 1.82) is 0 Å². The molecule has 0 unspecified atom stereocenters. The number of thiazole rings is 1. The Hall–Kier alpha value is -2.28. The molecular formula is C18H17ClN4OS. The third-order valence-corrected chi connectivity index (χ3v) is 4.45. The summed E-state index contributed by atoms with van der Waals surface area (Å²) in [5.41, 5.74) is 2.77. The zero-order chi connectivity index (χ0) is 17.6. The van der Waals surface area contributed by atoms with Crippen molar-refractivity contribution in [2.45, 2.75) is 13.1 Å². The lowest BCUT2D eigenvalue weighted by Gasteiger charge is -2.17. The van der Waals surface area contributed by atoms with E-state index in [4.69, 9.17) is 11.6 Å². The van der Waals surface area contributed by atoms with E-state index in [-0.39, 0.29) is 5.91 Å². The maximum atomic E-state index is 12.3. The second-order valence-electron chi connectivity index (χ2n) is 5.65. The molecule has 3 rings (SSSR count). The van der Waals surface area contributed by atoms with Gasteiger partial charge in [-0.2, -0.15) is 0 Å². The zero-order valence-electron chi connectivity index (χ0n) is 13.6. The Labute approximate surface area is 155 Å². The second-order valence-corrected chi connectivity index (χ2v) is 6.94. The monoisotopic (exact) mass is 372 g/mol. The van der Waals surface area contributed by atoms with E-state index in [0.29, 0.717) is 15.8 Å². The number of carbonyl (C=O) groups is 1. The van der Waals surface area contributed by atoms with E-state index in [1.54, 1.807) is 24.5 Å². The van der Waals surface area contributed by atoms with Crippen molar-refractivity contribution in [2.75, 3.05) is 12.4 Å². The second kappa shape index (κ2) is 8.20. The van der Waals surface area contributed by atoms with Crippen molar-refractivity contribution < 1.29 is 4.79 Å². The van der Waals surface area contributed by atoms with E-state index in [0.717, 1.165) is 24.2 Å². The predicted octanol–water partition coefficient (Wildman–Crippen LogP) is 4.08. The van der Waals surface area contributed by atoms with Gasteiger partial charge in [0.15, 0.2) is 5.13 Å². The van der Waals surface area contributed by atoms with Crippen LogP contribution in [0.3, 0.4) is 0 Å². The highest BCUT2D eigenvalue weighted by Gasteiger charge is 2.09. The highest BCUT2D eigenvalue weighted by atomic mass is 35.5. The smallest absolute Gasteiger partial charge is 0.257 e. The molecule has 128 valence electrons. The van der Waals surface area contributed by atoms with Gasteiger partial charge in [-0.05, 0) is 36.4 Å². The summed E-state index contributed by atoms with van der Waals surface area (Å²) >= 11 is 7.21. The van der Waals surface area contributed by atoms with Gasteiger partial charge in [-0.25, -0.2) is 9.97 Å². The quantitative estimate of drug-likeness (QED) is 0.662. The van der Waals surface area contributed by atoms with Crippen LogP contribution in [0.5, 0.6) is 0 Å². The lowest BCUT2D eigenvalue weighted by molar-refractivity contribution is 0.102. The SMILES string of the molecule is CN(Cc1ccc(Cl)nc1)Cc1cccc(C(=O)Nc2nccs2)c1. The Morgan fingerprint density at radius 1 is 1.20 bits per heavy atom. The molecular weight excluding hydrogens is 356 g/mol. The lowest BCUT2D eigenvalue weighted by Crippen LogP contribution is -2.18. The van der Waals surface area contributed by atoms with Gasteiger partial charge in [-0.3, -0.25) is 15.0 Å². The summed E-state index contributed by atoms with van der Waals surface area (Å²) in [6, 6.07) is 11.4. The first-order valence-electron chi connectivity index (χ1n) is 7.69. The molecule has 3 aromatic rings. The molecule has 25 heavy (non-hydrogen) atoms. The summed E-state index contributed by atoms with van der Waals surface area (Å²) in [5.74, 6) is -0.152. The fraction of sp³-hybridized carbons (Fsp3) is 0.167. The number of halogens is 1. The fourth-order valence-electron chi connectivity index (χ4n) is 2.44. The number of pyridine rings is 1. The number of nitrogens with zero attached hydrogens (tertiary/aromatic N) is 3. The van der Waals surface area contributed by atoms with E-state index in [1.807, 2.05) is 36.7 Å². The van der Waals surface area contributed by atoms with Crippen molar-refractivity contribution in [2.24, 2.45) is 0 Å². The van der Waals surface area contributed by atoms with Crippen molar-refractivity contribution in [3.05, 3.63) is 76.0 Å². The number of rotatable bonds is 6. The number of aromatic nitrogens is 2. The molecule has 2 heterocycles. The van der Waals surface area contributed by atoms with Gasteiger partial charge in [0.25, 0.3) is 5.91 Å². The minimum atomic E-state index is -0.152. The van der Waals surface area contributed by atoms with Crippen LogP contribution in [0, 0.1) is 0 Å². The van der Waals surface area contributed by atoms with Gasteiger partial charge in [0, 0.05) is 36.4 Å². The van der Waals surface area contributed by atoms with E-state index in [9.17, 15) is 4.79 Å². The maximum absolute atomic E-state index is 12.3. The molecule has 0 fully saturated rings. The first kappa shape index (κ1) is 17.5. The van der Waals surface area contributed by atoms with Crippen LogP contribution in [0.25, 0.3) is 0 Å². The Morgan fingerprint density at radius 2 is 2.04 bits per heavy atom. The number of hydrogen-bond acceptors (Lipinski definition) is 5. The molecule has 7 heteroatoms. The predicted molar refractivity (Wildman–Crippen MR) is 101 cm³/mol. The van der Waals surface area contributed by atoms with Gasteiger partial charge < -0.3 is 0 Å². The zero-order valence-corrected chi connectivity index (χ0v) is 15.2. The van der Waals surface area contributed by atoms with E-state index >= 15 is 0 Å². The third-order valence-electron chi connectivity index (χ3n) is 3.54. The molecule has 5 nitrogen and oxygen atoms in total. The third kappa shape index (κ3) is 5.09. The summed E-state index contributed by atoms with van der Waals surface area (Å²) in [6.45, 7) is 1.47. The molecule has 0 atom stereocenters. The van der Waals surface area contributed by atoms with Crippen LogP contribution in [0.1, 0.15) is 21.5 Å². The van der Waals surface area contributed by atoms with Gasteiger partial charge >= 0.3 is 0 Å². The van der Waals surface area contributed by atoms with Crippen LogP contribution in [0.15, 0.2) is 54.2 Å².